The second kappa shape index (κ2) is 10.7. The molecular weight excluding hydrogens is 376 g/mol. The van der Waals surface area contributed by atoms with Crippen molar-refractivity contribution in [3.63, 3.8) is 0 Å². The Bertz CT molecular complexity index is 658. The van der Waals surface area contributed by atoms with Crippen LogP contribution in [-0.2, 0) is 14.6 Å². The van der Waals surface area contributed by atoms with E-state index in [-0.39, 0.29) is 29.0 Å². The highest BCUT2D eigenvalue weighted by Crippen LogP contribution is 2.19. The highest BCUT2D eigenvalue weighted by Gasteiger charge is 2.23. The average molecular weight is 405 g/mol. The first-order chi connectivity index (χ1) is 11.9. The molecule has 1 aliphatic rings. The normalized spacial score (nSPS) is 18.5. The Balaban J connectivity index is 0.00000338. The van der Waals surface area contributed by atoms with Gasteiger partial charge in [0.25, 0.3) is 0 Å². The molecule has 6 nitrogen and oxygen atoms in total. The van der Waals surface area contributed by atoms with Gasteiger partial charge in [0, 0.05) is 12.5 Å². The van der Waals surface area contributed by atoms with E-state index < -0.39 is 15.8 Å². The number of halogens is 1. The molecule has 26 heavy (non-hydrogen) atoms. The average Bonchev–Trinajstić information content (AvgIpc) is 2.62. The van der Waals surface area contributed by atoms with Crippen molar-refractivity contribution in [3.05, 3.63) is 24.3 Å². The molecule has 0 spiro atoms. The lowest BCUT2D eigenvalue weighted by atomic mass is 9.96. The molecule has 2 atom stereocenters. The summed E-state index contributed by atoms with van der Waals surface area (Å²) in [5, 5.41) is 6.22. The van der Waals surface area contributed by atoms with Crippen LogP contribution in [0.4, 0.5) is 0 Å². The standard InChI is InChI=1S/C18H28N2O4S.ClH/c1-14(18(21)20-11-9-15-4-3-10-19-12-15)13-25(22,23)17-7-5-16(24-2)6-8-17;/h5-8,14-15,19H,3-4,9-13H2,1-2H3,(H,20,21);1H. The van der Waals surface area contributed by atoms with Gasteiger partial charge in [0.05, 0.1) is 17.8 Å². The molecular formula is C18H29ClN2O4S. The summed E-state index contributed by atoms with van der Waals surface area (Å²) in [5.41, 5.74) is 0. The molecule has 2 N–H and O–H groups in total. The molecule has 2 unspecified atom stereocenters. The van der Waals surface area contributed by atoms with Gasteiger partial charge in [0.15, 0.2) is 9.84 Å². The highest BCUT2D eigenvalue weighted by atomic mass is 35.5. The zero-order chi connectivity index (χ0) is 18.3. The number of rotatable bonds is 8. The van der Waals surface area contributed by atoms with E-state index in [1.165, 1.54) is 32.1 Å². The summed E-state index contributed by atoms with van der Waals surface area (Å²) >= 11 is 0. The van der Waals surface area contributed by atoms with E-state index in [1.807, 2.05) is 0 Å². The minimum absolute atomic E-state index is 0. The molecule has 0 aliphatic carbocycles. The fraction of sp³-hybridized carbons (Fsp3) is 0.611. The van der Waals surface area contributed by atoms with Gasteiger partial charge in [-0.25, -0.2) is 8.42 Å². The van der Waals surface area contributed by atoms with Crippen molar-refractivity contribution in [1.29, 1.82) is 0 Å². The third kappa shape index (κ3) is 6.78. The number of piperidine rings is 1. The number of nitrogens with one attached hydrogen (secondary N) is 2. The lowest BCUT2D eigenvalue weighted by Gasteiger charge is -2.23. The second-order valence-electron chi connectivity index (χ2n) is 6.65. The lowest BCUT2D eigenvalue weighted by molar-refractivity contribution is -0.123. The Kier molecular flexibility index (Phi) is 9.39. The minimum Gasteiger partial charge on any atom is -0.497 e. The summed E-state index contributed by atoms with van der Waals surface area (Å²) < 4.78 is 29.9. The Morgan fingerprint density at radius 3 is 2.62 bits per heavy atom. The van der Waals surface area contributed by atoms with Gasteiger partial charge in [-0.2, -0.15) is 0 Å². The first-order valence-corrected chi connectivity index (χ1v) is 10.4. The van der Waals surface area contributed by atoms with Crippen molar-refractivity contribution < 1.29 is 17.9 Å². The molecule has 0 radical (unpaired) electrons. The summed E-state index contributed by atoms with van der Waals surface area (Å²) in [6.07, 6.45) is 3.29. The van der Waals surface area contributed by atoms with E-state index in [0.29, 0.717) is 18.2 Å². The molecule has 0 aromatic heterocycles. The molecule has 1 aliphatic heterocycles. The summed E-state index contributed by atoms with van der Waals surface area (Å²) in [7, 11) is -1.97. The van der Waals surface area contributed by atoms with E-state index in [4.69, 9.17) is 4.74 Å². The molecule has 148 valence electrons. The summed E-state index contributed by atoms with van der Waals surface area (Å²) in [4.78, 5) is 12.4. The van der Waals surface area contributed by atoms with Crippen LogP contribution in [0.5, 0.6) is 5.75 Å². The first kappa shape index (κ1) is 22.7. The summed E-state index contributed by atoms with van der Waals surface area (Å²) in [6.45, 7) is 4.32. The fourth-order valence-corrected chi connectivity index (χ4v) is 4.58. The number of carbonyl (C=O) groups excluding carboxylic acids is 1. The van der Waals surface area contributed by atoms with Gasteiger partial charge in [-0.3, -0.25) is 4.79 Å². The van der Waals surface area contributed by atoms with Gasteiger partial charge in [-0.15, -0.1) is 12.4 Å². The smallest absolute Gasteiger partial charge is 0.223 e. The fourth-order valence-electron chi connectivity index (χ4n) is 3.03. The van der Waals surface area contributed by atoms with Gasteiger partial charge in [-0.05, 0) is 62.5 Å². The Morgan fingerprint density at radius 2 is 2.04 bits per heavy atom. The van der Waals surface area contributed by atoms with Gasteiger partial charge < -0.3 is 15.4 Å². The third-order valence-corrected chi connectivity index (χ3v) is 6.52. The molecule has 1 aromatic rings. The topological polar surface area (TPSA) is 84.5 Å². The van der Waals surface area contributed by atoms with Crippen LogP contribution >= 0.6 is 12.4 Å². The van der Waals surface area contributed by atoms with E-state index >= 15 is 0 Å². The minimum atomic E-state index is -3.50. The van der Waals surface area contributed by atoms with Gasteiger partial charge >= 0.3 is 0 Å². The number of carbonyl (C=O) groups is 1. The highest BCUT2D eigenvalue weighted by molar-refractivity contribution is 7.91. The second-order valence-corrected chi connectivity index (χ2v) is 8.68. The molecule has 1 fully saturated rings. The number of methoxy groups -OCH3 is 1. The monoisotopic (exact) mass is 404 g/mol. The van der Waals surface area contributed by atoms with Crippen LogP contribution in [0.15, 0.2) is 29.2 Å². The van der Waals surface area contributed by atoms with Crippen molar-refractivity contribution in [2.24, 2.45) is 11.8 Å². The van der Waals surface area contributed by atoms with Crippen molar-refractivity contribution in [3.8, 4) is 5.75 Å². The van der Waals surface area contributed by atoms with Gasteiger partial charge in [0.2, 0.25) is 5.91 Å². The largest absolute Gasteiger partial charge is 0.497 e. The van der Waals surface area contributed by atoms with Crippen molar-refractivity contribution in [2.45, 2.75) is 31.1 Å². The molecule has 1 saturated heterocycles. The van der Waals surface area contributed by atoms with E-state index in [9.17, 15) is 13.2 Å². The van der Waals surface area contributed by atoms with Crippen LogP contribution in [0.2, 0.25) is 0 Å². The predicted octanol–water partition coefficient (Wildman–Crippen LogP) is 2.03. The molecule has 2 rings (SSSR count). The maximum absolute atomic E-state index is 12.4. The molecule has 1 aromatic carbocycles. The quantitative estimate of drug-likeness (QED) is 0.692. The van der Waals surface area contributed by atoms with Crippen LogP contribution in [0.3, 0.4) is 0 Å². The molecule has 1 amide bonds. The third-order valence-electron chi connectivity index (χ3n) is 4.59. The Hall–Kier alpha value is -1.31. The van der Waals surface area contributed by atoms with E-state index in [1.54, 1.807) is 19.1 Å². The van der Waals surface area contributed by atoms with Gasteiger partial charge in [-0.1, -0.05) is 6.92 Å². The SMILES string of the molecule is COc1ccc(S(=O)(=O)CC(C)C(=O)NCCC2CCCNC2)cc1.Cl. The molecule has 1 heterocycles. The zero-order valence-electron chi connectivity index (χ0n) is 15.4. The number of amides is 1. The van der Waals surface area contributed by atoms with Crippen molar-refractivity contribution in [2.75, 3.05) is 32.5 Å². The van der Waals surface area contributed by atoms with Crippen LogP contribution in [-0.4, -0.2) is 46.8 Å². The number of hydrogen-bond acceptors (Lipinski definition) is 5. The van der Waals surface area contributed by atoms with Crippen molar-refractivity contribution in [1.82, 2.24) is 10.6 Å². The van der Waals surface area contributed by atoms with E-state index in [2.05, 4.69) is 10.6 Å². The molecule has 0 bridgehead atoms. The lowest BCUT2D eigenvalue weighted by Crippen LogP contribution is -2.36. The summed E-state index contributed by atoms with van der Waals surface area (Å²) in [5.74, 6) is 0.197. The maximum atomic E-state index is 12.4. The van der Waals surface area contributed by atoms with Gasteiger partial charge in [0.1, 0.15) is 5.75 Å². The maximum Gasteiger partial charge on any atom is 0.223 e. The summed E-state index contributed by atoms with van der Waals surface area (Å²) in [6, 6.07) is 6.23. The molecule has 0 saturated carbocycles. The zero-order valence-corrected chi connectivity index (χ0v) is 17.0. The van der Waals surface area contributed by atoms with Crippen LogP contribution < -0.4 is 15.4 Å². The number of benzene rings is 1. The van der Waals surface area contributed by atoms with Crippen molar-refractivity contribution >= 4 is 28.2 Å². The van der Waals surface area contributed by atoms with Crippen LogP contribution in [0.25, 0.3) is 0 Å². The predicted molar refractivity (Wildman–Crippen MR) is 105 cm³/mol. The Labute approximate surface area is 162 Å². The Morgan fingerprint density at radius 1 is 1.35 bits per heavy atom. The van der Waals surface area contributed by atoms with Crippen LogP contribution in [0.1, 0.15) is 26.2 Å². The van der Waals surface area contributed by atoms with Crippen LogP contribution in [0, 0.1) is 11.8 Å². The number of ether oxygens (including phenoxy) is 1. The first-order valence-electron chi connectivity index (χ1n) is 8.77. The number of hydrogen-bond donors (Lipinski definition) is 2. The number of sulfone groups is 1. The van der Waals surface area contributed by atoms with E-state index in [0.717, 1.165) is 19.5 Å². The molecule has 8 heteroatoms.